The van der Waals surface area contributed by atoms with Gasteiger partial charge in [0.2, 0.25) is 0 Å². The smallest absolute Gasteiger partial charge is 0.161 e. The molecule has 1 rings (SSSR count). The lowest BCUT2D eigenvalue weighted by Gasteiger charge is -2.13. The van der Waals surface area contributed by atoms with Crippen LogP contribution in [-0.4, -0.2) is 18.8 Å². The van der Waals surface area contributed by atoms with Gasteiger partial charge in [-0.2, -0.15) is 0 Å². The maximum absolute atomic E-state index is 9.57. The van der Waals surface area contributed by atoms with Crippen LogP contribution in [0.15, 0.2) is 18.2 Å². The van der Waals surface area contributed by atoms with Gasteiger partial charge in [0, 0.05) is 0 Å². The molecule has 21 heavy (non-hydrogen) atoms. The molecule has 0 unspecified atom stereocenters. The van der Waals surface area contributed by atoms with Crippen LogP contribution in [-0.2, 0) is 0 Å². The zero-order valence-corrected chi connectivity index (χ0v) is 13.7. The Labute approximate surface area is 129 Å². The summed E-state index contributed by atoms with van der Waals surface area (Å²) in [4.78, 5) is 0. The van der Waals surface area contributed by atoms with Crippen LogP contribution >= 0.6 is 0 Å². The fourth-order valence-corrected chi connectivity index (χ4v) is 2.30. The number of hydrogen-bond donors (Lipinski definition) is 1. The van der Waals surface area contributed by atoms with Crippen LogP contribution in [0.2, 0.25) is 0 Å². The Bertz CT molecular complexity index is 388. The molecule has 0 bridgehead atoms. The van der Waals surface area contributed by atoms with Crippen LogP contribution in [0.3, 0.4) is 0 Å². The van der Waals surface area contributed by atoms with Gasteiger partial charge in [0.25, 0.3) is 0 Å². The van der Waals surface area contributed by atoms with E-state index in [-0.39, 0.29) is 0 Å². The van der Waals surface area contributed by atoms with E-state index in [9.17, 15) is 5.11 Å². The quantitative estimate of drug-likeness (QED) is 0.591. The van der Waals surface area contributed by atoms with Crippen molar-refractivity contribution in [2.75, 3.05) is 13.7 Å². The van der Waals surface area contributed by atoms with Crippen LogP contribution < -0.4 is 9.47 Å². The first-order valence-corrected chi connectivity index (χ1v) is 8.17. The molecule has 0 aliphatic rings. The van der Waals surface area contributed by atoms with Crippen molar-refractivity contribution in [1.82, 2.24) is 0 Å². The van der Waals surface area contributed by atoms with Crippen molar-refractivity contribution in [3.63, 3.8) is 0 Å². The van der Waals surface area contributed by atoms with Crippen molar-refractivity contribution >= 4 is 0 Å². The van der Waals surface area contributed by atoms with E-state index in [0.717, 1.165) is 24.3 Å². The van der Waals surface area contributed by atoms with Gasteiger partial charge in [-0.05, 0) is 31.0 Å². The second kappa shape index (κ2) is 10.5. The first kappa shape index (κ1) is 17.8. The fourth-order valence-electron chi connectivity index (χ4n) is 2.30. The molecule has 1 aromatic carbocycles. The Balaban J connectivity index is 2.28. The Hall–Kier alpha value is -1.22. The van der Waals surface area contributed by atoms with E-state index in [4.69, 9.17) is 9.47 Å². The largest absolute Gasteiger partial charge is 0.493 e. The fraction of sp³-hybridized carbons (Fsp3) is 0.667. The molecule has 120 valence electrons. The third kappa shape index (κ3) is 6.85. The molecular weight excluding hydrogens is 264 g/mol. The molecule has 0 heterocycles. The summed E-state index contributed by atoms with van der Waals surface area (Å²) >= 11 is 0. The lowest BCUT2D eigenvalue weighted by atomic mass is 10.1. The van der Waals surface area contributed by atoms with E-state index in [1.54, 1.807) is 14.0 Å². The predicted octanol–water partition coefficient (Wildman–Crippen LogP) is 4.88. The van der Waals surface area contributed by atoms with Crippen molar-refractivity contribution < 1.29 is 14.6 Å². The molecule has 3 heteroatoms. The van der Waals surface area contributed by atoms with Crippen molar-refractivity contribution in [3.05, 3.63) is 23.8 Å². The van der Waals surface area contributed by atoms with Crippen molar-refractivity contribution in [3.8, 4) is 11.5 Å². The molecule has 1 atom stereocenters. The monoisotopic (exact) mass is 294 g/mol. The third-order valence-corrected chi connectivity index (χ3v) is 3.68. The maximum atomic E-state index is 9.57. The average molecular weight is 294 g/mol. The van der Waals surface area contributed by atoms with Gasteiger partial charge in [0.1, 0.15) is 0 Å². The van der Waals surface area contributed by atoms with E-state index in [2.05, 4.69) is 6.92 Å². The number of ether oxygens (including phenoxy) is 2. The number of rotatable bonds is 11. The molecule has 1 N–H and O–H groups in total. The molecule has 0 amide bonds. The molecule has 0 aromatic heterocycles. The van der Waals surface area contributed by atoms with Gasteiger partial charge in [0.15, 0.2) is 11.5 Å². The van der Waals surface area contributed by atoms with Gasteiger partial charge in [-0.25, -0.2) is 0 Å². The Kier molecular flexibility index (Phi) is 8.91. The second-order valence-corrected chi connectivity index (χ2v) is 5.56. The number of hydrogen-bond acceptors (Lipinski definition) is 3. The number of benzene rings is 1. The molecule has 1 aromatic rings. The topological polar surface area (TPSA) is 38.7 Å². The van der Waals surface area contributed by atoms with Crippen LogP contribution in [0.25, 0.3) is 0 Å². The molecule has 0 fully saturated rings. The van der Waals surface area contributed by atoms with Crippen LogP contribution in [0.4, 0.5) is 0 Å². The normalized spacial score (nSPS) is 12.2. The van der Waals surface area contributed by atoms with E-state index in [0.29, 0.717) is 5.75 Å². The van der Waals surface area contributed by atoms with E-state index < -0.39 is 6.10 Å². The van der Waals surface area contributed by atoms with Crippen LogP contribution in [0.5, 0.6) is 11.5 Å². The van der Waals surface area contributed by atoms with Gasteiger partial charge in [0.05, 0.1) is 19.8 Å². The van der Waals surface area contributed by atoms with E-state index in [1.807, 2.05) is 18.2 Å². The maximum Gasteiger partial charge on any atom is 0.161 e. The average Bonchev–Trinajstić information content (AvgIpc) is 2.49. The SMILES string of the molecule is CCCCCCCCCOc1ccc([C@H](C)O)cc1OC. The zero-order chi connectivity index (χ0) is 15.5. The summed E-state index contributed by atoms with van der Waals surface area (Å²) in [5, 5.41) is 9.57. The predicted molar refractivity (Wildman–Crippen MR) is 87.1 cm³/mol. The van der Waals surface area contributed by atoms with Gasteiger partial charge in [-0.15, -0.1) is 0 Å². The highest BCUT2D eigenvalue weighted by atomic mass is 16.5. The van der Waals surface area contributed by atoms with Gasteiger partial charge < -0.3 is 14.6 Å². The highest BCUT2D eigenvalue weighted by Gasteiger charge is 2.08. The minimum Gasteiger partial charge on any atom is -0.493 e. The highest BCUT2D eigenvalue weighted by Crippen LogP contribution is 2.30. The van der Waals surface area contributed by atoms with Crippen molar-refractivity contribution in [2.24, 2.45) is 0 Å². The molecule has 0 aliphatic heterocycles. The summed E-state index contributed by atoms with van der Waals surface area (Å²) in [6.45, 7) is 4.70. The van der Waals surface area contributed by atoms with E-state index >= 15 is 0 Å². The second-order valence-electron chi connectivity index (χ2n) is 5.56. The molecular formula is C18H30O3. The molecule has 0 radical (unpaired) electrons. The molecule has 0 aliphatic carbocycles. The summed E-state index contributed by atoms with van der Waals surface area (Å²) in [7, 11) is 1.63. The van der Waals surface area contributed by atoms with Gasteiger partial charge >= 0.3 is 0 Å². The van der Waals surface area contributed by atoms with Crippen molar-refractivity contribution in [2.45, 2.75) is 64.9 Å². The van der Waals surface area contributed by atoms with Crippen LogP contribution in [0, 0.1) is 0 Å². The van der Waals surface area contributed by atoms with Gasteiger partial charge in [-0.1, -0.05) is 51.5 Å². The lowest BCUT2D eigenvalue weighted by Crippen LogP contribution is -2.01. The molecule has 0 saturated heterocycles. The van der Waals surface area contributed by atoms with E-state index in [1.165, 1.54) is 38.5 Å². The first-order valence-electron chi connectivity index (χ1n) is 8.17. The number of aliphatic hydroxyl groups excluding tert-OH is 1. The standard InChI is InChI=1S/C18H30O3/c1-4-5-6-7-8-9-10-13-21-17-12-11-16(15(2)19)14-18(17)20-3/h11-12,14-15,19H,4-10,13H2,1-3H3/t15-/m0/s1. The summed E-state index contributed by atoms with van der Waals surface area (Å²) in [5.74, 6) is 1.45. The lowest BCUT2D eigenvalue weighted by molar-refractivity contribution is 0.198. The zero-order valence-electron chi connectivity index (χ0n) is 13.7. The Morgan fingerprint density at radius 2 is 1.67 bits per heavy atom. The molecule has 0 saturated carbocycles. The summed E-state index contributed by atoms with van der Waals surface area (Å²) in [6, 6.07) is 5.60. The summed E-state index contributed by atoms with van der Waals surface area (Å²) < 4.78 is 11.1. The van der Waals surface area contributed by atoms with Crippen LogP contribution in [0.1, 0.15) is 70.5 Å². The first-order chi connectivity index (χ1) is 10.2. The van der Waals surface area contributed by atoms with Gasteiger partial charge in [-0.3, -0.25) is 0 Å². The molecule has 3 nitrogen and oxygen atoms in total. The highest BCUT2D eigenvalue weighted by molar-refractivity contribution is 5.43. The Morgan fingerprint density at radius 3 is 2.29 bits per heavy atom. The number of unbranched alkanes of at least 4 members (excludes halogenated alkanes) is 6. The third-order valence-electron chi connectivity index (χ3n) is 3.68. The summed E-state index contributed by atoms with van der Waals surface area (Å²) in [6.07, 6.45) is 8.43. The Morgan fingerprint density at radius 1 is 1.00 bits per heavy atom. The number of methoxy groups -OCH3 is 1. The minimum absolute atomic E-state index is 0.490. The molecule has 0 spiro atoms. The minimum atomic E-state index is -0.490. The number of aliphatic hydroxyl groups is 1. The summed E-state index contributed by atoms with van der Waals surface area (Å²) in [5.41, 5.74) is 0.843. The van der Waals surface area contributed by atoms with Crippen molar-refractivity contribution in [1.29, 1.82) is 0 Å².